The molecule has 0 amide bonds. The molecule has 0 saturated heterocycles. The minimum absolute atomic E-state index is 0.543. The van der Waals surface area contributed by atoms with E-state index < -0.39 is 0 Å². The molecule has 0 fully saturated rings. The summed E-state index contributed by atoms with van der Waals surface area (Å²) in [4.78, 5) is 10.8. The third kappa shape index (κ3) is 1.81. The van der Waals surface area contributed by atoms with E-state index in [0.29, 0.717) is 10.8 Å². The highest BCUT2D eigenvalue weighted by Gasteiger charge is 2.06. The van der Waals surface area contributed by atoms with Crippen molar-refractivity contribution in [1.82, 2.24) is 4.57 Å². The minimum atomic E-state index is 0.543. The van der Waals surface area contributed by atoms with E-state index in [9.17, 15) is 4.79 Å². The van der Waals surface area contributed by atoms with Gasteiger partial charge >= 0.3 is 0 Å². The summed E-state index contributed by atoms with van der Waals surface area (Å²) in [6, 6.07) is 11.3. The monoisotopic (exact) mass is 219 g/mol. The molecule has 3 heteroatoms. The van der Waals surface area contributed by atoms with Crippen LogP contribution in [0.2, 0.25) is 5.15 Å². The van der Waals surface area contributed by atoms with Crippen molar-refractivity contribution in [3.8, 4) is 5.69 Å². The summed E-state index contributed by atoms with van der Waals surface area (Å²) >= 11 is 6.00. The summed E-state index contributed by atoms with van der Waals surface area (Å²) in [7, 11) is 0. The molecule has 0 radical (unpaired) electrons. The van der Waals surface area contributed by atoms with Crippen molar-refractivity contribution in [2.75, 3.05) is 0 Å². The van der Waals surface area contributed by atoms with E-state index in [1.807, 2.05) is 31.2 Å². The Morgan fingerprint density at radius 2 is 1.80 bits per heavy atom. The molecule has 2 nitrogen and oxygen atoms in total. The molecule has 0 unspecified atom stereocenters. The van der Waals surface area contributed by atoms with Crippen LogP contribution < -0.4 is 0 Å². The SMILES string of the molecule is Cc1ccc(-n2c(Cl)ccc2C=O)cc1. The Bertz CT molecular complexity index is 485. The molecule has 0 aliphatic heterocycles. The lowest BCUT2D eigenvalue weighted by atomic mass is 10.2. The zero-order chi connectivity index (χ0) is 10.8. The van der Waals surface area contributed by atoms with Gasteiger partial charge in [0, 0.05) is 5.69 Å². The molecule has 0 aliphatic carbocycles. The van der Waals surface area contributed by atoms with Gasteiger partial charge in [-0.05, 0) is 31.2 Å². The fourth-order valence-electron chi connectivity index (χ4n) is 1.48. The van der Waals surface area contributed by atoms with Crippen LogP contribution in [0.25, 0.3) is 5.69 Å². The molecule has 76 valence electrons. The number of hydrogen-bond donors (Lipinski definition) is 0. The van der Waals surface area contributed by atoms with Crippen molar-refractivity contribution < 1.29 is 4.79 Å². The van der Waals surface area contributed by atoms with Crippen molar-refractivity contribution in [3.05, 3.63) is 52.8 Å². The lowest BCUT2D eigenvalue weighted by Gasteiger charge is -2.07. The lowest BCUT2D eigenvalue weighted by molar-refractivity contribution is 0.111. The highest BCUT2D eigenvalue weighted by molar-refractivity contribution is 6.30. The average molecular weight is 220 g/mol. The van der Waals surface area contributed by atoms with Crippen LogP contribution in [-0.4, -0.2) is 10.9 Å². The summed E-state index contributed by atoms with van der Waals surface area (Å²) in [6.45, 7) is 2.02. The summed E-state index contributed by atoms with van der Waals surface area (Å²) < 4.78 is 1.72. The van der Waals surface area contributed by atoms with Gasteiger partial charge in [-0.3, -0.25) is 9.36 Å². The molecule has 1 heterocycles. The van der Waals surface area contributed by atoms with E-state index >= 15 is 0 Å². The van der Waals surface area contributed by atoms with Gasteiger partial charge in [0.2, 0.25) is 0 Å². The van der Waals surface area contributed by atoms with Crippen LogP contribution in [0.1, 0.15) is 16.1 Å². The number of rotatable bonds is 2. The van der Waals surface area contributed by atoms with Crippen molar-refractivity contribution in [2.24, 2.45) is 0 Å². The van der Waals surface area contributed by atoms with Crippen LogP contribution >= 0.6 is 11.6 Å². The van der Waals surface area contributed by atoms with Crippen LogP contribution in [0.15, 0.2) is 36.4 Å². The van der Waals surface area contributed by atoms with Gasteiger partial charge < -0.3 is 0 Å². The lowest BCUT2D eigenvalue weighted by Crippen LogP contribution is -1.98. The Morgan fingerprint density at radius 1 is 1.13 bits per heavy atom. The molecular formula is C12H10ClNO. The molecular weight excluding hydrogens is 210 g/mol. The molecule has 0 aliphatic rings. The van der Waals surface area contributed by atoms with E-state index in [1.165, 1.54) is 5.56 Å². The molecule has 15 heavy (non-hydrogen) atoms. The van der Waals surface area contributed by atoms with Crippen LogP contribution in [0.4, 0.5) is 0 Å². The van der Waals surface area contributed by atoms with Crippen molar-refractivity contribution in [2.45, 2.75) is 6.92 Å². The number of aromatic nitrogens is 1. The molecule has 0 atom stereocenters. The molecule has 1 aromatic heterocycles. The first-order valence-corrected chi connectivity index (χ1v) is 4.99. The first-order chi connectivity index (χ1) is 7.22. The number of aldehydes is 1. The third-order valence-corrected chi connectivity index (χ3v) is 2.57. The molecule has 0 N–H and O–H groups in total. The Labute approximate surface area is 93.1 Å². The quantitative estimate of drug-likeness (QED) is 0.711. The maximum atomic E-state index is 10.8. The Kier molecular flexibility index (Phi) is 2.60. The maximum absolute atomic E-state index is 10.8. The summed E-state index contributed by atoms with van der Waals surface area (Å²) in [5.41, 5.74) is 2.64. The molecule has 0 saturated carbocycles. The Balaban J connectivity index is 2.57. The first-order valence-electron chi connectivity index (χ1n) is 4.62. The van der Waals surface area contributed by atoms with Gasteiger partial charge in [0.05, 0.1) is 5.69 Å². The predicted molar refractivity (Wildman–Crippen MR) is 60.9 cm³/mol. The molecule has 2 aromatic rings. The molecule has 0 bridgehead atoms. The highest BCUT2D eigenvalue weighted by atomic mass is 35.5. The Morgan fingerprint density at radius 3 is 2.40 bits per heavy atom. The van der Waals surface area contributed by atoms with Crippen LogP contribution in [0.3, 0.4) is 0 Å². The number of aryl methyl sites for hydroxylation is 1. The van der Waals surface area contributed by atoms with Gasteiger partial charge in [-0.15, -0.1) is 0 Å². The van der Waals surface area contributed by atoms with E-state index in [1.54, 1.807) is 16.7 Å². The van der Waals surface area contributed by atoms with Crippen LogP contribution in [0.5, 0.6) is 0 Å². The molecule has 1 aromatic carbocycles. The number of carbonyl (C=O) groups is 1. The predicted octanol–water partition coefficient (Wildman–Crippen LogP) is 3.25. The average Bonchev–Trinajstić information content (AvgIpc) is 2.61. The van der Waals surface area contributed by atoms with Gasteiger partial charge in [-0.25, -0.2) is 0 Å². The number of hydrogen-bond acceptors (Lipinski definition) is 1. The number of carbonyl (C=O) groups excluding carboxylic acids is 1. The van der Waals surface area contributed by atoms with Gasteiger partial charge in [0.15, 0.2) is 6.29 Å². The number of halogens is 1. The second-order valence-electron chi connectivity index (χ2n) is 3.37. The minimum Gasteiger partial charge on any atom is -0.298 e. The van der Waals surface area contributed by atoms with Crippen LogP contribution in [0, 0.1) is 6.92 Å². The summed E-state index contributed by atoms with van der Waals surface area (Å²) in [5.74, 6) is 0. The van der Waals surface area contributed by atoms with Gasteiger partial charge in [-0.1, -0.05) is 29.3 Å². The summed E-state index contributed by atoms with van der Waals surface area (Å²) in [5, 5.41) is 0.543. The normalized spacial score (nSPS) is 10.3. The topological polar surface area (TPSA) is 22.0 Å². The molecule has 0 spiro atoms. The molecule has 2 rings (SSSR count). The fourth-order valence-corrected chi connectivity index (χ4v) is 1.74. The standard InChI is InChI=1S/C12H10ClNO/c1-9-2-4-10(5-3-9)14-11(8-15)6-7-12(14)13/h2-8H,1H3. The van der Waals surface area contributed by atoms with Gasteiger partial charge in [0.25, 0.3) is 0 Å². The van der Waals surface area contributed by atoms with E-state index in [-0.39, 0.29) is 0 Å². The van der Waals surface area contributed by atoms with Crippen LogP contribution in [-0.2, 0) is 0 Å². The maximum Gasteiger partial charge on any atom is 0.166 e. The van der Waals surface area contributed by atoms with E-state index in [4.69, 9.17) is 11.6 Å². The van der Waals surface area contributed by atoms with E-state index in [2.05, 4.69) is 0 Å². The third-order valence-electron chi connectivity index (χ3n) is 2.28. The van der Waals surface area contributed by atoms with Crippen molar-refractivity contribution in [3.63, 3.8) is 0 Å². The summed E-state index contributed by atoms with van der Waals surface area (Å²) in [6.07, 6.45) is 0.797. The van der Waals surface area contributed by atoms with Crippen molar-refractivity contribution in [1.29, 1.82) is 0 Å². The number of benzene rings is 1. The Hall–Kier alpha value is -1.54. The highest BCUT2D eigenvalue weighted by Crippen LogP contribution is 2.20. The second kappa shape index (κ2) is 3.91. The second-order valence-corrected chi connectivity index (χ2v) is 3.76. The van der Waals surface area contributed by atoms with Gasteiger partial charge in [-0.2, -0.15) is 0 Å². The van der Waals surface area contributed by atoms with Crippen molar-refractivity contribution >= 4 is 17.9 Å². The zero-order valence-electron chi connectivity index (χ0n) is 8.27. The zero-order valence-corrected chi connectivity index (χ0v) is 9.03. The van der Waals surface area contributed by atoms with E-state index in [0.717, 1.165) is 12.0 Å². The fraction of sp³-hybridized carbons (Fsp3) is 0.0833. The van der Waals surface area contributed by atoms with Gasteiger partial charge in [0.1, 0.15) is 5.15 Å². The smallest absolute Gasteiger partial charge is 0.166 e. The first kappa shape index (κ1) is 9.99. The number of nitrogens with zero attached hydrogens (tertiary/aromatic N) is 1. The largest absolute Gasteiger partial charge is 0.298 e.